The fourth-order valence-corrected chi connectivity index (χ4v) is 8.06. The van der Waals surface area contributed by atoms with Crippen LogP contribution in [0.3, 0.4) is 0 Å². The number of aliphatic hydroxyl groups excluding tert-OH is 3. The zero-order chi connectivity index (χ0) is 16.5. The highest BCUT2D eigenvalue weighted by molar-refractivity contribution is 8.68. The second kappa shape index (κ2) is 7.31. The smallest absolute Gasteiger partial charge is 0.248 e. The lowest BCUT2D eigenvalue weighted by molar-refractivity contribution is -0.238. The van der Waals surface area contributed by atoms with Gasteiger partial charge in [-0.2, -0.15) is 0 Å². The van der Waals surface area contributed by atoms with Crippen molar-refractivity contribution in [2.45, 2.75) is 43.7 Å². The number of hydrogen-bond acceptors (Lipinski definition) is 9. The van der Waals surface area contributed by atoms with Gasteiger partial charge in [-0.15, -0.1) is 0 Å². The lowest BCUT2D eigenvalue weighted by atomic mass is 9.97. The fraction of sp³-hybridized carbons (Fsp3) is 1.00. The first-order chi connectivity index (χ1) is 10.2. The van der Waals surface area contributed by atoms with Crippen LogP contribution in [0, 0.1) is 5.41 Å². The first-order valence-electron chi connectivity index (χ1n) is 6.95. The molecule has 0 saturated carbocycles. The molecule has 2 aliphatic heterocycles. The van der Waals surface area contributed by atoms with Crippen LogP contribution in [-0.2, 0) is 30.3 Å². The summed E-state index contributed by atoms with van der Waals surface area (Å²) in [6.45, 7) is 3.61. The molecule has 2 fully saturated rings. The molecule has 2 heterocycles. The monoisotopic (exact) mass is 374 g/mol. The lowest BCUT2D eigenvalue weighted by Crippen LogP contribution is -2.56. The normalized spacial score (nSPS) is 42.4. The van der Waals surface area contributed by atoms with Crippen LogP contribution in [0.1, 0.15) is 13.8 Å². The van der Waals surface area contributed by atoms with E-state index in [0.29, 0.717) is 0 Å². The van der Waals surface area contributed by atoms with Crippen LogP contribution in [0.2, 0.25) is 0 Å². The zero-order valence-electron chi connectivity index (χ0n) is 12.7. The Labute approximate surface area is 139 Å². The van der Waals surface area contributed by atoms with Crippen molar-refractivity contribution in [2.24, 2.45) is 5.41 Å². The summed E-state index contributed by atoms with van der Waals surface area (Å²) in [7, 11) is 1.49. The van der Waals surface area contributed by atoms with Gasteiger partial charge >= 0.3 is 0 Å². The van der Waals surface area contributed by atoms with Crippen molar-refractivity contribution in [2.75, 3.05) is 26.9 Å². The molecule has 0 aromatic carbocycles. The minimum absolute atomic E-state index is 0.0289. The Kier molecular flexibility index (Phi) is 6.33. The van der Waals surface area contributed by atoms with Gasteiger partial charge in [0.05, 0.1) is 25.1 Å². The van der Waals surface area contributed by atoms with Gasteiger partial charge in [0.25, 0.3) is 0 Å². The van der Waals surface area contributed by atoms with Gasteiger partial charge in [-0.25, -0.2) is 0 Å². The number of methoxy groups -OCH3 is 1. The molecule has 2 saturated heterocycles. The molecule has 0 spiro atoms. The second-order valence-electron chi connectivity index (χ2n) is 6.13. The standard InChI is InChI=1S/C12H23O7PS2/c1-12(2,5-14)6-17-20(21)19-9-8(15)7(4-13)18-11(16-3)10(9)22-20/h7-11,13-15H,4-6H2,1-3H3/t7-,8-,9-,10+,11+,20+/m1/s1. The lowest BCUT2D eigenvalue weighted by Gasteiger charge is -2.38. The van der Waals surface area contributed by atoms with Crippen LogP contribution < -0.4 is 0 Å². The third-order valence-electron chi connectivity index (χ3n) is 3.57. The van der Waals surface area contributed by atoms with Gasteiger partial charge in [-0.1, -0.05) is 25.2 Å². The third kappa shape index (κ3) is 4.03. The summed E-state index contributed by atoms with van der Waals surface area (Å²) in [6.07, 6.45) is -3.01. The summed E-state index contributed by atoms with van der Waals surface area (Å²) in [5.74, 6) is 0. The molecule has 22 heavy (non-hydrogen) atoms. The topological polar surface area (TPSA) is 97.6 Å². The van der Waals surface area contributed by atoms with E-state index in [1.807, 2.05) is 13.8 Å². The number of ether oxygens (including phenoxy) is 2. The van der Waals surface area contributed by atoms with Crippen molar-refractivity contribution in [3.63, 3.8) is 0 Å². The van der Waals surface area contributed by atoms with Crippen molar-refractivity contribution in [3.05, 3.63) is 0 Å². The van der Waals surface area contributed by atoms with E-state index in [4.69, 9.17) is 30.3 Å². The Hall–Kier alpha value is 0.720. The molecule has 6 atom stereocenters. The van der Waals surface area contributed by atoms with Crippen LogP contribution in [-0.4, -0.2) is 72.1 Å². The van der Waals surface area contributed by atoms with Crippen LogP contribution in [0.15, 0.2) is 0 Å². The van der Waals surface area contributed by atoms with Crippen LogP contribution in [0.4, 0.5) is 0 Å². The van der Waals surface area contributed by atoms with E-state index in [-0.39, 0.29) is 25.1 Å². The summed E-state index contributed by atoms with van der Waals surface area (Å²) in [6, 6.07) is 0. The molecule has 3 N–H and O–H groups in total. The van der Waals surface area contributed by atoms with Crippen molar-refractivity contribution in [1.82, 2.24) is 0 Å². The van der Waals surface area contributed by atoms with E-state index >= 15 is 0 Å². The quantitative estimate of drug-likeness (QED) is 0.573. The molecular formula is C12H23O7PS2. The van der Waals surface area contributed by atoms with E-state index in [1.165, 1.54) is 18.5 Å². The van der Waals surface area contributed by atoms with Crippen LogP contribution in [0.5, 0.6) is 0 Å². The molecule has 7 nitrogen and oxygen atoms in total. The fourth-order valence-electron chi connectivity index (χ4n) is 2.15. The Morgan fingerprint density at radius 3 is 2.59 bits per heavy atom. The number of hydrogen-bond donors (Lipinski definition) is 3. The van der Waals surface area contributed by atoms with Crippen LogP contribution in [0.25, 0.3) is 0 Å². The van der Waals surface area contributed by atoms with E-state index < -0.39 is 35.7 Å². The maximum Gasteiger partial charge on any atom is 0.248 e. The number of rotatable bonds is 6. The van der Waals surface area contributed by atoms with Crippen LogP contribution >= 0.6 is 17.1 Å². The molecule has 2 aliphatic rings. The highest BCUT2D eigenvalue weighted by atomic mass is 32.9. The Morgan fingerprint density at radius 2 is 2.05 bits per heavy atom. The number of aliphatic hydroxyl groups is 3. The predicted octanol–water partition coefficient (Wildman–Crippen LogP) is 0.471. The SMILES string of the molecule is CO[C@H]1O[C@H](CO)[C@@H](O)[C@H]2O[P@](=S)(OCC(C)(C)CO)S[C@H]12. The van der Waals surface area contributed by atoms with E-state index in [0.717, 1.165) is 0 Å². The molecule has 0 aromatic heterocycles. The molecule has 0 aromatic rings. The molecule has 0 radical (unpaired) electrons. The maximum atomic E-state index is 10.3. The van der Waals surface area contributed by atoms with Crippen molar-refractivity contribution in [3.8, 4) is 0 Å². The molecule has 0 aliphatic carbocycles. The largest absolute Gasteiger partial charge is 0.396 e. The van der Waals surface area contributed by atoms with Crippen molar-refractivity contribution in [1.29, 1.82) is 0 Å². The van der Waals surface area contributed by atoms with Gasteiger partial charge in [0, 0.05) is 12.5 Å². The van der Waals surface area contributed by atoms with Gasteiger partial charge in [-0.05, 0) is 11.8 Å². The highest BCUT2D eigenvalue weighted by Crippen LogP contribution is 2.71. The molecule has 2 rings (SSSR count). The van der Waals surface area contributed by atoms with E-state index in [2.05, 4.69) is 0 Å². The summed E-state index contributed by atoms with van der Waals surface area (Å²) in [4.78, 5) is 0. The van der Waals surface area contributed by atoms with E-state index in [1.54, 1.807) is 0 Å². The first-order valence-corrected chi connectivity index (χ1v) is 11.1. The van der Waals surface area contributed by atoms with E-state index in [9.17, 15) is 15.3 Å². The minimum atomic E-state index is -2.67. The number of fused-ring (bicyclic) bond motifs is 1. The Balaban J connectivity index is 2.09. The van der Waals surface area contributed by atoms with Crippen molar-refractivity contribution >= 4 is 28.9 Å². The maximum absolute atomic E-state index is 10.3. The molecule has 10 heteroatoms. The Bertz CT molecular complexity index is 436. The summed E-state index contributed by atoms with van der Waals surface area (Å²) >= 11 is 6.79. The van der Waals surface area contributed by atoms with Gasteiger partial charge in [0.15, 0.2) is 6.29 Å². The third-order valence-corrected chi connectivity index (χ3v) is 8.94. The molecule has 130 valence electrons. The predicted molar refractivity (Wildman–Crippen MR) is 86.1 cm³/mol. The average molecular weight is 374 g/mol. The molecule has 0 amide bonds. The zero-order valence-corrected chi connectivity index (χ0v) is 15.3. The second-order valence-corrected chi connectivity index (χ2v) is 12.5. The van der Waals surface area contributed by atoms with Gasteiger partial charge in [0.2, 0.25) is 5.69 Å². The van der Waals surface area contributed by atoms with Gasteiger partial charge < -0.3 is 33.8 Å². The van der Waals surface area contributed by atoms with Gasteiger partial charge in [0.1, 0.15) is 18.3 Å². The summed E-state index contributed by atoms with van der Waals surface area (Å²) in [5, 5.41) is 28.5. The minimum Gasteiger partial charge on any atom is -0.396 e. The summed E-state index contributed by atoms with van der Waals surface area (Å²) in [5.41, 5.74) is -3.10. The van der Waals surface area contributed by atoms with Crippen molar-refractivity contribution < 1.29 is 33.8 Å². The molecule has 0 unspecified atom stereocenters. The highest BCUT2D eigenvalue weighted by Gasteiger charge is 2.55. The molecular weight excluding hydrogens is 351 g/mol. The summed E-state index contributed by atoms with van der Waals surface area (Å²) < 4.78 is 22.4. The average Bonchev–Trinajstić information content (AvgIpc) is 2.85. The first kappa shape index (κ1) is 19.1. The Morgan fingerprint density at radius 1 is 1.36 bits per heavy atom. The van der Waals surface area contributed by atoms with Gasteiger partial charge in [-0.3, -0.25) is 0 Å². The molecule has 0 bridgehead atoms.